The van der Waals surface area contributed by atoms with E-state index in [0.717, 1.165) is 5.69 Å². The van der Waals surface area contributed by atoms with Gasteiger partial charge in [-0.1, -0.05) is 24.3 Å². The predicted molar refractivity (Wildman–Crippen MR) is 99.2 cm³/mol. The summed E-state index contributed by atoms with van der Waals surface area (Å²) in [6.07, 6.45) is 2.67. The van der Waals surface area contributed by atoms with Crippen molar-refractivity contribution in [1.82, 2.24) is 15.6 Å². The summed E-state index contributed by atoms with van der Waals surface area (Å²) in [5.41, 5.74) is 1.42. The first kappa shape index (κ1) is 18.4. The van der Waals surface area contributed by atoms with Crippen molar-refractivity contribution in [2.75, 3.05) is 12.3 Å². The summed E-state index contributed by atoms with van der Waals surface area (Å²) in [6, 6.07) is 11.5. The van der Waals surface area contributed by atoms with Gasteiger partial charge in [-0.05, 0) is 30.2 Å². The molecule has 1 fully saturated rings. The van der Waals surface area contributed by atoms with Gasteiger partial charge in [-0.25, -0.2) is 4.39 Å². The number of pyridine rings is 1. The Balaban J connectivity index is 1.46. The van der Waals surface area contributed by atoms with E-state index in [-0.39, 0.29) is 22.9 Å². The summed E-state index contributed by atoms with van der Waals surface area (Å²) in [4.78, 5) is 28.7. The monoisotopic (exact) mass is 373 g/mol. The van der Waals surface area contributed by atoms with Gasteiger partial charge in [-0.3, -0.25) is 14.6 Å². The molecule has 0 aliphatic carbocycles. The standard InChI is InChI=1S/C19H20FN3O2S/c20-15-7-2-1-5-13(15)11-17-19(25)23-16(12-26-17)18(24)22-10-8-14-6-3-4-9-21-14/h1-7,9,16-17H,8,10-12H2,(H,22,24)(H,23,25)/t16-,17-/m0/s1. The zero-order valence-electron chi connectivity index (χ0n) is 14.2. The molecule has 1 aliphatic heterocycles. The lowest BCUT2D eigenvalue weighted by molar-refractivity contribution is -0.128. The van der Waals surface area contributed by atoms with E-state index >= 15 is 0 Å². The highest BCUT2D eigenvalue weighted by Crippen LogP contribution is 2.23. The van der Waals surface area contributed by atoms with Crippen molar-refractivity contribution in [3.8, 4) is 0 Å². The van der Waals surface area contributed by atoms with E-state index in [2.05, 4.69) is 15.6 Å². The van der Waals surface area contributed by atoms with E-state index in [4.69, 9.17) is 0 Å². The van der Waals surface area contributed by atoms with Gasteiger partial charge in [-0.2, -0.15) is 0 Å². The largest absolute Gasteiger partial charge is 0.354 e. The Labute approximate surface area is 155 Å². The highest BCUT2D eigenvalue weighted by atomic mass is 32.2. The minimum absolute atomic E-state index is 0.203. The number of benzene rings is 1. The molecule has 0 radical (unpaired) electrons. The summed E-state index contributed by atoms with van der Waals surface area (Å²) in [5.74, 6) is -0.268. The first-order valence-electron chi connectivity index (χ1n) is 8.46. The summed E-state index contributed by atoms with van der Waals surface area (Å²) >= 11 is 1.39. The third-order valence-corrected chi connectivity index (χ3v) is 5.47. The summed E-state index contributed by atoms with van der Waals surface area (Å²) in [5, 5.41) is 5.19. The second-order valence-electron chi connectivity index (χ2n) is 6.04. The van der Waals surface area contributed by atoms with Crippen molar-refractivity contribution in [1.29, 1.82) is 0 Å². The Morgan fingerprint density at radius 2 is 2.08 bits per heavy atom. The number of nitrogens with zero attached hydrogens (tertiary/aromatic N) is 1. The molecule has 1 saturated heterocycles. The van der Waals surface area contributed by atoms with Crippen LogP contribution in [-0.4, -0.2) is 40.4 Å². The number of hydrogen-bond acceptors (Lipinski definition) is 4. The molecular weight excluding hydrogens is 353 g/mol. The van der Waals surface area contributed by atoms with Crippen LogP contribution in [0.3, 0.4) is 0 Å². The molecule has 5 nitrogen and oxygen atoms in total. The van der Waals surface area contributed by atoms with Crippen LogP contribution in [0.1, 0.15) is 11.3 Å². The lowest BCUT2D eigenvalue weighted by Crippen LogP contribution is -2.54. The average molecular weight is 373 g/mol. The molecule has 0 spiro atoms. The van der Waals surface area contributed by atoms with Crippen LogP contribution in [0.4, 0.5) is 4.39 Å². The minimum Gasteiger partial charge on any atom is -0.354 e. The quantitative estimate of drug-likeness (QED) is 0.809. The number of rotatable bonds is 6. The van der Waals surface area contributed by atoms with E-state index in [0.29, 0.717) is 30.7 Å². The van der Waals surface area contributed by atoms with Crippen molar-refractivity contribution >= 4 is 23.6 Å². The molecule has 26 heavy (non-hydrogen) atoms. The van der Waals surface area contributed by atoms with Gasteiger partial charge in [0.05, 0.1) is 5.25 Å². The molecule has 136 valence electrons. The Morgan fingerprint density at radius 1 is 1.27 bits per heavy atom. The molecular formula is C19H20FN3O2S. The second kappa shape index (κ2) is 8.80. The molecule has 2 amide bonds. The van der Waals surface area contributed by atoms with Crippen LogP contribution < -0.4 is 10.6 Å². The Bertz CT molecular complexity index is 772. The predicted octanol–water partition coefficient (Wildman–Crippen LogP) is 1.72. The van der Waals surface area contributed by atoms with Crippen LogP contribution in [0.5, 0.6) is 0 Å². The van der Waals surface area contributed by atoms with Crippen LogP contribution >= 0.6 is 11.8 Å². The van der Waals surface area contributed by atoms with E-state index in [1.807, 2.05) is 18.2 Å². The minimum atomic E-state index is -0.562. The van der Waals surface area contributed by atoms with Crippen LogP contribution in [0, 0.1) is 5.82 Å². The molecule has 3 rings (SSSR count). The number of aromatic nitrogens is 1. The Hall–Kier alpha value is -2.41. The fraction of sp³-hybridized carbons (Fsp3) is 0.316. The number of hydrogen-bond donors (Lipinski definition) is 2. The molecule has 1 aliphatic rings. The van der Waals surface area contributed by atoms with Crippen molar-refractivity contribution in [3.05, 3.63) is 65.7 Å². The number of halogens is 1. The Morgan fingerprint density at radius 3 is 2.81 bits per heavy atom. The van der Waals surface area contributed by atoms with E-state index < -0.39 is 6.04 Å². The fourth-order valence-corrected chi connectivity index (χ4v) is 3.91. The van der Waals surface area contributed by atoms with Gasteiger partial charge in [0, 0.05) is 30.6 Å². The normalized spacial score (nSPS) is 19.7. The zero-order valence-corrected chi connectivity index (χ0v) is 15.0. The maximum Gasteiger partial charge on any atom is 0.243 e. The van der Waals surface area contributed by atoms with Crippen LogP contribution in [0.2, 0.25) is 0 Å². The lowest BCUT2D eigenvalue weighted by Gasteiger charge is -2.28. The smallest absolute Gasteiger partial charge is 0.243 e. The number of thioether (sulfide) groups is 1. The summed E-state index contributed by atoms with van der Waals surface area (Å²) in [7, 11) is 0. The first-order valence-corrected chi connectivity index (χ1v) is 9.51. The molecule has 2 atom stereocenters. The molecule has 2 aromatic rings. The molecule has 2 heterocycles. The number of amides is 2. The van der Waals surface area contributed by atoms with Crippen molar-refractivity contribution < 1.29 is 14.0 Å². The molecule has 1 aromatic carbocycles. The second-order valence-corrected chi connectivity index (χ2v) is 7.28. The van der Waals surface area contributed by atoms with E-state index in [1.165, 1.54) is 17.8 Å². The van der Waals surface area contributed by atoms with Gasteiger partial charge in [0.15, 0.2) is 0 Å². The number of nitrogens with one attached hydrogen (secondary N) is 2. The molecule has 1 aromatic heterocycles. The molecule has 2 N–H and O–H groups in total. The molecule has 0 bridgehead atoms. The molecule has 0 saturated carbocycles. The van der Waals surface area contributed by atoms with Gasteiger partial charge in [0.1, 0.15) is 11.9 Å². The van der Waals surface area contributed by atoms with Gasteiger partial charge < -0.3 is 10.6 Å². The summed E-state index contributed by atoms with van der Waals surface area (Å²) in [6.45, 7) is 0.464. The van der Waals surface area contributed by atoms with E-state index in [9.17, 15) is 14.0 Å². The zero-order chi connectivity index (χ0) is 18.4. The van der Waals surface area contributed by atoms with Crippen LogP contribution in [0.15, 0.2) is 48.7 Å². The van der Waals surface area contributed by atoms with Crippen molar-refractivity contribution in [3.63, 3.8) is 0 Å². The average Bonchev–Trinajstić information content (AvgIpc) is 2.66. The number of carbonyl (C=O) groups is 2. The van der Waals surface area contributed by atoms with Crippen LogP contribution in [-0.2, 0) is 22.4 Å². The fourth-order valence-electron chi connectivity index (χ4n) is 2.73. The third-order valence-electron chi connectivity index (χ3n) is 4.16. The first-order chi connectivity index (χ1) is 12.6. The maximum atomic E-state index is 13.7. The third kappa shape index (κ3) is 4.82. The van der Waals surface area contributed by atoms with Gasteiger partial charge in [0.2, 0.25) is 11.8 Å². The maximum absolute atomic E-state index is 13.7. The lowest BCUT2D eigenvalue weighted by atomic mass is 10.1. The van der Waals surface area contributed by atoms with E-state index in [1.54, 1.807) is 24.4 Å². The molecule has 0 unspecified atom stereocenters. The van der Waals surface area contributed by atoms with Crippen molar-refractivity contribution in [2.24, 2.45) is 0 Å². The highest BCUT2D eigenvalue weighted by Gasteiger charge is 2.32. The molecule has 7 heteroatoms. The van der Waals surface area contributed by atoms with Crippen LogP contribution in [0.25, 0.3) is 0 Å². The SMILES string of the molecule is O=C(NCCc1ccccn1)[C@@H]1CS[C@@H](Cc2ccccc2F)C(=O)N1. The number of carbonyl (C=O) groups excluding carboxylic acids is 2. The van der Waals surface area contributed by atoms with Gasteiger partial charge >= 0.3 is 0 Å². The van der Waals surface area contributed by atoms with Crippen molar-refractivity contribution in [2.45, 2.75) is 24.1 Å². The summed E-state index contributed by atoms with van der Waals surface area (Å²) < 4.78 is 13.7. The van der Waals surface area contributed by atoms with Gasteiger partial charge in [-0.15, -0.1) is 11.8 Å². The topological polar surface area (TPSA) is 71.1 Å². The van der Waals surface area contributed by atoms with Gasteiger partial charge in [0.25, 0.3) is 0 Å². The Kier molecular flexibility index (Phi) is 6.22. The highest BCUT2D eigenvalue weighted by molar-refractivity contribution is 8.00.